The maximum Gasteiger partial charge on any atom is 0.330 e. The number of anilines is 2. The van der Waals surface area contributed by atoms with Crippen LogP contribution in [0.15, 0.2) is 27.9 Å². The number of halogens is 1. The highest BCUT2D eigenvalue weighted by Crippen LogP contribution is 2.22. The van der Waals surface area contributed by atoms with Crippen molar-refractivity contribution in [3.05, 3.63) is 49.9 Å². The van der Waals surface area contributed by atoms with Crippen LogP contribution in [0.1, 0.15) is 49.9 Å². The fraction of sp³-hybridized carbons (Fsp3) is 0.444. The second kappa shape index (κ2) is 9.36. The number of aromatic amines is 1. The molecule has 0 aliphatic rings. The summed E-state index contributed by atoms with van der Waals surface area (Å²) in [4.78, 5) is 45.2. The number of H-pyrrole nitrogens is 1. The third-order valence-corrected chi connectivity index (χ3v) is 4.49. The Labute approximate surface area is 162 Å². The molecule has 0 fully saturated rings. The number of aromatic nitrogens is 3. The predicted molar refractivity (Wildman–Crippen MR) is 106 cm³/mol. The number of nitrogens with two attached hydrogens (primary N) is 1. The predicted octanol–water partition coefficient (Wildman–Crippen LogP) is 2.41. The van der Waals surface area contributed by atoms with Crippen LogP contribution < -0.4 is 21.9 Å². The van der Waals surface area contributed by atoms with Crippen LogP contribution in [0.2, 0.25) is 5.15 Å². The Morgan fingerprint density at radius 1 is 1.30 bits per heavy atom. The molecule has 9 heteroatoms. The van der Waals surface area contributed by atoms with Gasteiger partial charge in [-0.2, -0.15) is 0 Å². The van der Waals surface area contributed by atoms with E-state index in [4.69, 9.17) is 17.3 Å². The molecule has 0 unspecified atom stereocenters. The fourth-order valence-electron chi connectivity index (χ4n) is 2.70. The molecule has 27 heavy (non-hydrogen) atoms. The highest BCUT2D eigenvalue weighted by atomic mass is 35.5. The van der Waals surface area contributed by atoms with Gasteiger partial charge < -0.3 is 10.6 Å². The lowest BCUT2D eigenvalue weighted by atomic mass is 10.2. The normalized spacial score (nSPS) is 10.8. The standard InChI is InChI=1S/C18H24ClN5O3/c1-3-5-10-23(17(26)12-8-7-9-21-14(12)19)13-15(20)24(11-6-4-2)18(27)22-16(13)25/h7-9H,3-6,10-11,20H2,1-2H3,(H,22,25,27). The molecule has 146 valence electrons. The molecule has 0 spiro atoms. The average molecular weight is 394 g/mol. The van der Waals surface area contributed by atoms with Crippen LogP contribution in [-0.2, 0) is 6.54 Å². The Kier molecular flexibility index (Phi) is 7.18. The minimum atomic E-state index is -0.699. The summed E-state index contributed by atoms with van der Waals surface area (Å²) < 4.78 is 1.29. The summed E-state index contributed by atoms with van der Waals surface area (Å²) in [5.74, 6) is -0.513. The summed E-state index contributed by atoms with van der Waals surface area (Å²) in [6.45, 7) is 4.57. The maximum atomic E-state index is 13.1. The van der Waals surface area contributed by atoms with Gasteiger partial charge in [-0.1, -0.05) is 38.3 Å². The van der Waals surface area contributed by atoms with Crippen LogP contribution in [0.3, 0.4) is 0 Å². The van der Waals surface area contributed by atoms with Crippen molar-refractivity contribution in [2.24, 2.45) is 0 Å². The monoisotopic (exact) mass is 393 g/mol. The molecule has 1 amide bonds. The van der Waals surface area contributed by atoms with E-state index in [1.165, 1.54) is 21.7 Å². The number of nitrogen functional groups attached to an aromatic ring is 1. The minimum Gasteiger partial charge on any atom is -0.383 e. The van der Waals surface area contributed by atoms with Gasteiger partial charge in [0.25, 0.3) is 11.5 Å². The summed E-state index contributed by atoms with van der Waals surface area (Å²) in [5, 5.41) is 0.0401. The van der Waals surface area contributed by atoms with E-state index in [0.717, 1.165) is 12.8 Å². The van der Waals surface area contributed by atoms with Crippen molar-refractivity contribution < 1.29 is 4.79 Å². The van der Waals surface area contributed by atoms with Crippen LogP contribution >= 0.6 is 11.6 Å². The van der Waals surface area contributed by atoms with E-state index in [-0.39, 0.29) is 28.8 Å². The second-order valence-corrected chi connectivity index (χ2v) is 6.51. The zero-order valence-electron chi connectivity index (χ0n) is 15.5. The topological polar surface area (TPSA) is 114 Å². The van der Waals surface area contributed by atoms with Crippen molar-refractivity contribution >= 4 is 29.0 Å². The SMILES string of the molecule is CCCCN(C(=O)c1cccnc1Cl)c1c(N)n(CCCC)c(=O)[nH]c1=O. The van der Waals surface area contributed by atoms with Gasteiger partial charge in [0.05, 0.1) is 5.56 Å². The smallest absolute Gasteiger partial charge is 0.330 e. The van der Waals surface area contributed by atoms with Gasteiger partial charge in [0.15, 0.2) is 5.69 Å². The molecule has 0 aromatic carbocycles. The number of unbranched alkanes of at least 4 members (excludes halogenated alkanes) is 2. The van der Waals surface area contributed by atoms with Gasteiger partial charge in [0.1, 0.15) is 11.0 Å². The number of hydrogen-bond donors (Lipinski definition) is 2. The van der Waals surface area contributed by atoms with Crippen molar-refractivity contribution in [3.63, 3.8) is 0 Å². The van der Waals surface area contributed by atoms with Gasteiger partial charge in [-0.25, -0.2) is 9.78 Å². The van der Waals surface area contributed by atoms with E-state index < -0.39 is 17.2 Å². The lowest BCUT2D eigenvalue weighted by Gasteiger charge is -2.24. The largest absolute Gasteiger partial charge is 0.383 e. The first kappa shape index (κ1) is 20.7. The molecule has 2 aromatic rings. The van der Waals surface area contributed by atoms with Gasteiger partial charge in [0.2, 0.25) is 0 Å². The number of pyridine rings is 1. The first-order valence-corrected chi connectivity index (χ1v) is 9.35. The van der Waals surface area contributed by atoms with Crippen molar-refractivity contribution in [2.75, 3.05) is 17.2 Å². The molecule has 0 aliphatic heterocycles. The van der Waals surface area contributed by atoms with Crippen LogP contribution in [0, 0.1) is 0 Å². The third kappa shape index (κ3) is 4.57. The zero-order valence-corrected chi connectivity index (χ0v) is 16.3. The Bertz CT molecular complexity index is 922. The number of hydrogen-bond acceptors (Lipinski definition) is 5. The summed E-state index contributed by atoms with van der Waals surface area (Å²) in [6, 6.07) is 3.13. The summed E-state index contributed by atoms with van der Waals surface area (Å²) in [6.07, 6.45) is 4.49. The Morgan fingerprint density at radius 2 is 2.00 bits per heavy atom. The molecule has 0 saturated carbocycles. The maximum absolute atomic E-state index is 13.1. The molecule has 0 atom stereocenters. The van der Waals surface area contributed by atoms with Crippen LogP contribution in [0.5, 0.6) is 0 Å². The van der Waals surface area contributed by atoms with Crippen LogP contribution in [0.25, 0.3) is 0 Å². The van der Waals surface area contributed by atoms with Gasteiger partial charge >= 0.3 is 5.69 Å². The second-order valence-electron chi connectivity index (χ2n) is 6.15. The number of nitrogens with one attached hydrogen (secondary N) is 1. The molecule has 8 nitrogen and oxygen atoms in total. The molecule has 0 aliphatic carbocycles. The van der Waals surface area contributed by atoms with Gasteiger partial charge in [-0.15, -0.1) is 0 Å². The van der Waals surface area contributed by atoms with E-state index in [0.29, 0.717) is 19.4 Å². The summed E-state index contributed by atoms with van der Waals surface area (Å²) >= 11 is 6.06. The van der Waals surface area contributed by atoms with Gasteiger partial charge in [0, 0.05) is 19.3 Å². The van der Waals surface area contributed by atoms with Crippen molar-refractivity contribution in [3.8, 4) is 0 Å². The van der Waals surface area contributed by atoms with Gasteiger partial charge in [-0.3, -0.25) is 19.1 Å². The molecule has 0 radical (unpaired) electrons. The van der Waals surface area contributed by atoms with E-state index in [1.54, 1.807) is 6.07 Å². The minimum absolute atomic E-state index is 0.0262. The molecule has 0 saturated heterocycles. The number of rotatable bonds is 8. The zero-order chi connectivity index (χ0) is 20.0. The highest BCUT2D eigenvalue weighted by Gasteiger charge is 2.26. The van der Waals surface area contributed by atoms with E-state index in [9.17, 15) is 14.4 Å². The number of carbonyl (C=O) groups is 1. The molecule has 2 heterocycles. The number of carbonyl (C=O) groups excluding carboxylic acids is 1. The van der Waals surface area contributed by atoms with Crippen LogP contribution in [-0.4, -0.2) is 27.0 Å². The molecule has 2 rings (SSSR count). The molecular weight excluding hydrogens is 370 g/mol. The summed E-state index contributed by atoms with van der Waals surface area (Å²) in [5.41, 5.74) is 5.00. The fourth-order valence-corrected chi connectivity index (χ4v) is 2.90. The average Bonchev–Trinajstić information content (AvgIpc) is 2.64. The van der Waals surface area contributed by atoms with Crippen molar-refractivity contribution in [1.29, 1.82) is 0 Å². The molecule has 3 N–H and O–H groups in total. The lowest BCUT2D eigenvalue weighted by Crippen LogP contribution is -2.41. The molecule has 0 bridgehead atoms. The first-order chi connectivity index (χ1) is 12.9. The van der Waals surface area contributed by atoms with Crippen LogP contribution in [0.4, 0.5) is 11.5 Å². The van der Waals surface area contributed by atoms with Crippen molar-refractivity contribution in [2.45, 2.75) is 46.1 Å². The molecule has 2 aromatic heterocycles. The number of nitrogens with zero attached hydrogens (tertiary/aromatic N) is 3. The quantitative estimate of drug-likeness (QED) is 0.668. The molecular formula is C18H24ClN5O3. The number of amides is 1. The van der Waals surface area contributed by atoms with E-state index in [2.05, 4.69) is 9.97 Å². The van der Waals surface area contributed by atoms with E-state index in [1.807, 2.05) is 13.8 Å². The Hall–Kier alpha value is -2.61. The highest BCUT2D eigenvalue weighted by molar-refractivity contribution is 6.33. The lowest BCUT2D eigenvalue weighted by molar-refractivity contribution is 0.0986. The summed E-state index contributed by atoms with van der Waals surface area (Å²) in [7, 11) is 0. The third-order valence-electron chi connectivity index (χ3n) is 4.19. The Balaban J connectivity index is 2.60. The van der Waals surface area contributed by atoms with E-state index >= 15 is 0 Å². The Morgan fingerprint density at radius 3 is 2.63 bits per heavy atom. The van der Waals surface area contributed by atoms with Crippen molar-refractivity contribution in [1.82, 2.24) is 14.5 Å². The first-order valence-electron chi connectivity index (χ1n) is 8.97. The van der Waals surface area contributed by atoms with Gasteiger partial charge in [-0.05, 0) is 25.0 Å².